The highest BCUT2D eigenvalue weighted by molar-refractivity contribution is 9.10. The van der Waals surface area contributed by atoms with Gasteiger partial charge in [0.1, 0.15) is 5.82 Å². The van der Waals surface area contributed by atoms with Gasteiger partial charge in [-0.25, -0.2) is 9.97 Å². The van der Waals surface area contributed by atoms with Gasteiger partial charge in [0.15, 0.2) is 0 Å². The van der Waals surface area contributed by atoms with Crippen LogP contribution in [0.1, 0.15) is 21.9 Å². The van der Waals surface area contributed by atoms with E-state index in [4.69, 9.17) is 11.6 Å². The summed E-state index contributed by atoms with van der Waals surface area (Å²) in [5, 5.41) is 3.37. The number of hydrogen-bond donors (Lipinski definition) is 1. The third kappa shape index (κ3) is 3.75. The van der Waals surface area contributed by atoms with Crippen molar-refractivity contribution in [1.29, 1.82) is 0 Å². The van der Waals surface area contributed by atoms with Gasteiger partial charge in [-0.1, -0.05) is 11.6 Å². The number of amides is 1. The van der Waals surface area contributed by atoms with Crippen molar-refractivity contribution in [3.63, 3.8) is 0 Å². The largest absolute Gasteiger partial charge is 0.346 e. The number of benzene rings is 1. The molecule has 0 aliphatic rings. The van der Waals surface area contributed by atoms with E-state index < -0.39 is 0 Å². The number of nitrogens with one attached hydrogen (secondary N) is 1. The highest BCUT2D eigenvalue weighted by Gasteiger charge is 2.08. The Morgan fingerprint density at radius 1 is 1.42 bits per heavy atom. The first-order valence-electron chi connectivity index (χ1n) is 5.58. The maximum Gasteiger partial charge on any atom is 0.251 e. The summed E-state index contributed by atoms with van der Waals surface area (Å²) < 4.78 is 0.694. The van der Waals surface area contributed by atoms with Gasteiger partial charge in [0.05, 0.1) is 17.3 Å². The maximum atomic E-state index is 11.9. The lowest BCUT2D eigenvalue weighted by Gasteiger charge is -2.06. The number of carbonyl (C=O) groups is 1. The molecule has 6 heteroatoms. The molecule has 19 heavy (non-hydrogen) atoms. The van der Waals surface area contributed by atoms with Gasteiger partial charge >= 0.3 is 0 Å². The van der Waals surface area contributed by atoms with Crippen LogP contribution in [0.2, 0.25) is 5.02 Å². The Labute approximate surface area is 124 Å². The van der Waals surface area contributed by atoms with Crippen LogP contribution in [0.15, 0.2) is 34.9 Å². The van der Waals surface area contributed by atoms with E-state index in [9.17, 15) is 4.79 Å². The zero-order chi connectivity index (χ0) is 13.8. The Morgan fingerprint density at radius 3 is 2.89 bits per heavy atom. The van der Waals surface area contributed by atoms with Gasteiger partial charge in [-0.3, -0.25) is 4.79 Å². The van der Waals surface area contributed by atoms with E-state index in [1.165, 1.54) is 0 Å². The van der Waals surface area contributed by atoms with Crippen LogP contribution in [-0.4, -0.2) is 15.9 Å². The molecule has 1 aromatic carbocycles. The summed E-state index contributed by atoms with van der Waals surface area (Å²) >= 11 is 9.17. The number of aryl methyl sites for hydroxylation is 1. The lowest BCUT2D eigenvalue weighted by atomic mass is 10.2. The minimum absolute atomic E-state index is 0.173. The van der Waals surface area contributed by atoms with Gasteiger partial charge in [-0.05, 0) is 47.1 Å². The molecule has 1 amide bonds. The molecule has 1 heterocycles. The number of nitrogens with zero attached hydrogens (tertiary/aromatic N) is 2. The van der Waals surface area contributed by atoms with Crippen LogP contribution in [0.3, 0.4) is 0 Å². The first kappa shape index (κ1) is 14.0. The molecule has 98 valence electrons. The molecule has 0 aliphatic carbocycles. The molecule has 0 bridgehead atoms. The van der Waals surface area contributed by atoms with Gasteiger partial charge in [0, 0.05) is 16.2 Å². The van der Waals surface area contributed by atoms with Crippen LogP contribution < -0.4 is 5.32 Å². The first-order valence-corrected chi connectivity index (χ1v) is 6.75. The van der Waals surface area contributed by atoms with Crippen molar-refractivity contribution in [3.05, 3.63) is 57.0 Å². The van der Waals surface area contributed by atoms with Gasteiger partial charge in [0.25, 0.3) is 5.91 Å². The Kier molecular flexibility index (Phi) is 4.50. The van der Waals surface area contributed by atoms with E-state index in [0.717, 1.165) is 5.69 Å². The Hall–Kier alpha value is -1.46. The minimum Gasteiger partial charge on any atom is -0.346 e. The second-order valence-electron chi connectivity index (χ2n) is 3.91. The van der Waals surface area contributed by atoms with Crippen LogP contribution in [0.25, 0.3) is 0 Å². The number of rotatable bonds is 3. The summed E-state index contributed by atoms with van der Waals surface area (Å²) in [6.45, 7) is 2.17. The van der Waals surface area contributed by atoms with Crippen molar-refractivity contribution in [2.24, 2.45) is 0 Å². The predicted octanol–water partition coefficient (Wildman–Crippen LogP) is 3.13. The van der Waals surface area contributed by atoms with Crippen LogP contribution in [-0.2, 0) is 6.54 Å². The van der Waals surface area contributed by atoms with Crippen LogP contribution in [0.5, 0.6) is 0 Å². The normalized spacial score (nSPS) is 10.3. The molecule has 1 aromatic heterocycles. The Morgan fingerprint density at radius 2 is 2.21 bits per heavy atom. The maximum absolute atomic E-state index is 11.9. The highest BCUT2D eigenvalue weighted by Crippen LogP contribution is 2.23. The summed E-state index contributed by atoms with van der Waals surface area (Å²) in [6, 6.07) is 6.80. The summed E-state index contributed by atoms with van der Waals surface area (Å²) in [5.74, 6) is 0.509. The van der Waals surface area contributed by atoms with Gasteiger partial charge < -0.3 is 5.32 Å². The summed E-state index contributed by atoms with van der Waals surface area (Å²) in [5.41, 5.74) is 1.32. The topological polar surface area (TPSA) is 54.9 Å². The van der Waals surface area contributed by atoms with E-state index in [1.807, 2.05) is 6.92 Å². The second-order valence-corrected chi connectivity index (χ2v) is 5.17. The first-order chi connectivity index (χ1) is 9.06. The standard InChI is InChI=1S/C13H11BrClN3O/c1-8-16-5-4-10(18-8)7-17-13(19)9-2-3-12(15)11(14)6-9/h2-6H,7H2,1H3,(H,17,19). The second kappa shape index (κ2) is 6.12. The quantitative estimate of drug-likeness (QED) is 0.934. The van der Waals surface area contributed by atoms with Crippen LogP contribution >= 0.6 is 27.5 Å². The van der Waals surface area contributed by atoms with E-state index in [-0.39, 0.29) is 5.91 Å². The predicted molar refractivity (Wildman–Crippen MR) is 77.1 cm³/mol. The van der Waals surface area contributed by atoms with Crippen molar-refractivity contribution in [2.75, 3.05) is 0 Å². The van der Waals surface area contributed by atoms with Gasteiger partial charge in [-0.15, -0.1) is 0 Å². The minimum atomic E-state index is -0.173. The van der Waals surface area contributed by atoms with Crippen molar-refractivity contribution in [3.8, 4) is 0 Å². The molecule has 0 saturated heterocycles. The molecule has 0 saturated carbocycles. The highest BCUT2D eigenvalue weighted by atomic mass is 79.9. The molecule has 1 N–H and O–H groups in total. The molecule has 2 aromatic rings. The lowest BCUT2D eigenvalue weighted by molar-refractivity contribution is 0.0950. The molecule has 0 spiro atoms. The molecule has 0 aliphatic heterocycles. The molecule has 2 rings (SSSR count). The monoisotopic (exact) mass is 339 g/mol. The number of halogens is 2. The van der Waals surface area contributed by atoms with Crippen molar-refractivity contribution >= 4 is 33.4 Å². The molecular formula is C13H11BrClN3O. The molecular weight excluding hydrogens is 330 g/mol. The molecule has 0 radical (unpaired) electrons. The lowest BCUT2D eigenvalue weighted by Crippen LogP contribution is -2.23. The molecule has 0 atom stereocenters. The van der Waals surface area contributed by atoms with Crippen molar-refractivity contribution in [2.45, 2.75) is 13.5 Å². The number of hydrogen-bond acceptors (Lipinski definition) is 3. The average Bonchev–Trinajstić information content (AvgIpc) is 2.39. The third-order valence-electron chi connectivity index (χ3n) is 2.45. The van der Waals surface area contributed by atoms with Crippen molar-refractivity contribution in [1.82, 2.24) is 15.3 Å². The summed E-state index contributed by atoms with van der Waals surface area (Å²) in [6.07, 6.45) is 1.67. The number of carbonyl (C=O) groups excluding carboxylic acids is 1. The van der Waals surface area contributed by atoms with E-state index in [2.05, 4.69) is 31.2 Å². The van der Waals surface area contributed by atoms with Crippen LogP contribution in [0, 0.1) is 6.92 Å². The van der Waals surface area contributed by atoms with Crippen molar-refractivity contribution < 1.29 is 4.79 Å². The molecule has 0 fully saturated rings. The molecule has 0 unspecified atom stereocenters. The smallest absolute Gasteiger partial charge is 0.251 e. The van der Waals surface area contributed by atoms with Gasteiger partial charge in [0.2, 0.25) is 0 Å². The number of aromatic nitrogens is 2. The SMILES string of the molecule is Cc1nccc(CNC(=O)c2ccc(Cl)c(Br)c2)n1. The fraction of sp³-hybridized carbons (Fsp3) is 0.154. The fourth-order valence-electron chi connectivity index (χ4n) is 1.51. The average molecular weight is 341 g/mol. The fourth-order valence-corrected chi connectivity index (χ4v) is 2.01. The zero-order valence-electron chi connectivity index (χ0n) is 10.2. The third-order valence-corrected chi connectivity index (χ3v) is 3.66. The van der Waals surface area contributed by atoms with Gasteiger partial charge in [-0.2, -0.15) is 0 Å². The summed E-state index contributed by atoms with van der Waals surface area (Å²) in [7, 11) is 0. The zero-order valence-corrected chi connectivity index (χ0v) is 12.5. The Balaban J connectivity index is 2.03. The Bertz CT molecular complexity index is 619. The van der Waals surface area contributed by atoms with E-state index in [0.29, 0.717) is 27.4 Å². The van der Waals surface area contributed by atoms with Crippen LogP contribution in [0.4, 0.5) is 0 Å². The molecule has 4 nitrogen and oxygen atoms in total. The van der Waals surface area contributed by atoms with E-state index in [1.54, 1.807) is 30.5 Å². The van der Waals surface area contributed by atoms with E-state index >= 15 is 0 Å². The summed E-state index contributed by atoms with van der Waals surface area (Å²) in [4.78, 5) is 20.2.